The molecular formula is C13H18BrNO3. The topological polar surface area (TPSA) is 47.6 Å². The fraction of sp³-hybridized carbons (Fsp3) is 0.462. The molecule has 5 heteroatoms. The van der Waals surface area contributed by atoms with Crippen molar-refractivity contribution in [1.29, 1.82) is 0 Å². The van der Waals surface area contributed by atoms with E-state index >= 15 is 0 Å². The molecule has 0 unspecified atom stereocenters. The first-order valence-electron chi connectivity index (χ1n) is 5.56. The number of rotatable bonds is 5. The number of nitrogens with one attached hydrogen (secondary N) is 1. The summed E-state index contributed by atoms with van der Waals surface area (Å²) in [4.78, 5) is 11.9. The van der Waals surface area contributed by atoms with E-state index in [9.17, 15) is 4.79 Å². The summed E-state index contributed by atoms with van der Waals surface area (Å²) < 4.78 is 11.3. The second-order valence-electron chi connectivity index (χ2n) is 4.53. The minimum Gasteiger partial charge on any atom is -0.495 e. The van der Waals surface area contributed by atoms with E-state index < -0.39 is 5.60 Å². The molecular weight excluding hydrogens is 298 g/mol. The molecule has 0 bridgehead atoms. The summed E-state index contributed by atoms with van der Waals surface area (Å²) in [7, 11) is 3.16. The Balaban J connectivity index is 2.78. The number of halogens is 1. The number of carbonyl (C=O) groups is 1. The molecule has 0 aliphatic heterocycles. The maximum Gasteiger partial charge on any atom is 0.227 e. The highest BCUT2D eigenvalue weighted by Crippen LogP contribution is 2.28. The molecule has 0 spiro atoms. The van der Waals surface area contributed by atoms with Gasteiger partial charge in [0.1, 0.15) is 5.75 Å². The zero-order valence-electron chi connectivity index (χ0n) is 11.0. The van der Waals surface area contributed by atoms with E-state index in [1.807, 2.05) is 19.9 Å². The maximum atomic E-state index is 11.9. The third kappa shape index (κ3) is 4.31. The van der Waals surface area contributed by atoms with Crippen LogP contribution in [0.3, 0.4) is 0 Å². The Morgan fingerprint density at radius 1 is 1.39 bits per heavy atom. The van der Waals surface area contributed by atoms with Crippen LogP contribution >= 0.6 is 15.9 Å². The lowest BCUT2D eigenvalue weighted by Crippen LogP contribution is -2.29. The van der Waals surface area contributed by atoms with Gasteiger partial charge in [-0.3, -0.25) is 4.79 Å². The monoisotopic (exact) mass is 315 g/mol. The van der Waals surface area contributed by atoms with Gasteiger partial charge >= 0.3 is 0 Å². The molecule has 0 aliphatic carbocycles. The van der Waals surface area contributed by atoms with Gasteiger partial charge in [0.25, 0.3) is 0 Å². The molecule has 0 radical (unpaired) electrons. The van der Waals surface area contributed by atoms with Gasteiger partial charge < -0.3 is 14.8 Å². The fourth-order valence-electron chi connectivity index (χ4n) is 1.43. The molecule has 1 rings (SSSR count). The number of amides is 1. The lowest BCUT2D eigenvalue weighted by atomic mass is 10.0. The molecule has 1 aromatic carbocycles. The van der Waals surface area contributed by atoms with E-state index in [1.165, 1.54) is 0 Å². The van der Waals surface area contributed by atoms with Crippen molar-refractivity contribution >= 4 is 27.5 Å². The van der Waals surface area contributed by atoms with E-state index in [2.05, 4.69) is 21.2 Å². The molecule has 0 fully saturated rings. The summed E-state index contributed by atoms with van der Waals surface area (Å²) in [6.45, 7) is 3.73. The number of methoxy groups -OCH3 is 2. The molecule has 0 heterocycles. The van der Waals surface area contributed by atoms with Crippen LogP contribution in [0, 0.1) is 0 Å². The highest BCUT2D eigenvalue weighted by atomic mass is 79.9. The number of anilines is 1. The van der Waals surface area contributed by atoms with Crippen LogP contribution in [-0.2, 0) is 9.53 Å². The molecule has 4 nitrogen and oxygen atoms in total. The van der Waals surface area contributed by atoms with Gasteiger partial charge in [-0.15, -0.1) is 0 Å². The van der Waals surface area contributed by atoms with Crippen molar-refractivity contribution in [2.75, 3.05) is 19.5 Å². The third-order valence-electron chi connectivity index (χ3n) is 2.57. The summed E-state index contributed by atoms with van der Waals surface area (Å²) in [5, 5.41) is 2.82. The van der Waals surface area contributed by atoms with Crippen LogP contribution < -0.4 is 10.1 Å². The first-order chi connectivity index (χ1) is 8.38. The zero-order valence-corrected chi connectivity index (χ0v) is 12.6. The van der Waals surface area contributed by atoms with Crippen molar-refractivity contribution in [2.45, 2.75) is 25.9 Å². The zero-order chi connectivity index (χ0) is 13.8. The Bertz CT molecular complexity index is 432. The third-order valence-corrected chi connectivity index (χ3v) is 3.07. The number of hydrogen-bond donors (Lipinski definition) is 1. The summed E-state index contributed by atoms with van der Waals surface area (Å²) in [6, 6.07) is 5.45. The highest BCUT2D eigenvalue weighted by Gasteiger charge is 2.21. The number of hydrogen-bond acceptors (Lipinski definition) is 3. The molecule has 1 aromatic rings. The quantitative estimate of drug-likeness (QED) is 0.907. The van der Waals surface area contributed by atoms with Gasteiger partial charge in [-0.1, -0.05) is 15.9 Å². The van der Waals surface area contributed by atoms with Crippen molar-refractivity contribution in [2.24, 2.45) is 0 Å². The van der Waals surface area contributed by atoms with Gasteiger partial charge in [-0.05, 0) is 32.0 Å². The molecule has 18 heavy (non-hydrogen) atoms. The Morgan fingerprint density at radius 3 is 2.61 bits per heavy atom. The smallest absolute Gasteiger partial charge is 0.227 e. The number of ether oxygens (including phenoxy) is 2. The van der Waals surface area contributed by atoms with Crippen LogP contribution in [0.5, 0.6) is 5.75 Å². The van der Waals surface area contributed by atoms with Crippen molar-refractivity contribution in [3.63, 3.8) is 0 Å². The van der Waals surface area contributed by atoms with Crippen LogP contribution in [-0.4, -0.2) is 25.7 Å². The largest absolute Gasteiger partial charge is 0.495 e. The molecule has 0 aromatic heterocycles. The van der Waals surface area contributed by atoms with Crippen LogP contribution in [0.1, 0.15) is 20.3 Å². The lowest BCUT2D eigenvalue weighted by molar-refractivity contribution is -0.121. The van der Waals surface area contributed by atoms with Gasteiger partial charge in [-0.25, -0.2) is 0 Å². The predicted molar refractivity (Wildman–Crippen MR) is 75.0 cm³/mol. The SMILES string of the molecule is COc1ccc(Br)cc1NC(=O)CC(C)(C)OC. The van der Waals surface area contributed by atoms with E-state index in [4.69, 9.17) is 9.47 Å². The van der Waals surface area contributed by atoms with Crippen LogP contribution in [0.2, 0.25) is 0 Å². The molecule has 0 saturated carbocycles. The van der Waals surface area contributed by atoms with Gasteiger partial charge in [-0.2, -0.15) is 0 Å². The standard InChI is InChI=1S/C13H18BrNO3/c1-13(2,18-4)8-12(16)15-10-7-9(14)5-6-11(10)17-3/h5-7H,8H2,1-4H3,(H,15,16). The van der Waals surface area contributed by atoms with E-state index in [-0.39, 0.29) is 12.3 Å². The first kappa shape index (κ1) is 15.0. The average molecular weight is 316 g/mol. The highest BCUT2D eigenvalue weighted by molar-refractivity contribution is 9.10. The van der Waals surface area contributed by atoms with E-state index in [1.54, 1.807) is 26.4 Å². The molecule has 0 atom stereocenters. The van der Waals surface area contributed by atoms with Gasteiger partial charge in [0, 0.05) is 11.6 Å². The Labute approximate surface area is 116 Å². The Hall–Kier alpha value is -1.07. The molecule has 0 aliphatic rings. The molecule has 100 valence electrons. The van der Waals surface area contributed by atoms with Gasteiger partial charge in [0.05, 0.1) is 24.8 Å². The Kier molecular flexibility index (Phi) is 5.16. The van der Waals surface area contributed by atoms with Gasteiger partial charge in [0.15, 0.2) is 0 Å². The van der Waals surface area contributed by atoms with Gasteiger partial charge in [0.2, 0.25) is 5.91 Å². The van der Waals surface area contributed by atoms with E-state index in [0.717, 1.165) is 4.47 Å². The van der Waals surface area contributed by atoms with Crippen LogP contribution in [0.15, 0.2) is 22.7 Å². The average Bonchev–Trinajstić information content (AvgIpc) is 2.28. The van der Waals surface area contributed by atoms with Crippen LogP contribution in [0.4, 0.5) is 5.69 Å². The van der Waals surface area contributed by atoms with Crippen LogP contribution in [0.25, 0.3) is 0 Å². The lowest BCUT2D eigenvalue weighted by Gasteiger charge is -2.22. The van der Waals surface area contributed by atoms with Crippen molar-refractivity contribution in [1.82, 2.24) is 0 Å². The van der Waals surface area contributed by atoms with Crippen molar-refractivity contribution in [3.05, 3.63) is 22.7 Å². The fourth-order valence-corrected chi connectivity index (χ4v) is 1.79. The molecule has 1 N–H and O–H groups in total. The normalized spacial score (nSPS) is 11.2. The second kappa shape index (κ2) is 6.20. The number of benzene rings is 1. The summed E-state index contributed by atoms with van der Waals surface area (Å²) >= 11 is 3.36. The minimum absolute atomic E-state index is 0.113. The van der Waals surface area contributed by atoms with Crippen molar-refractivity contribution < 1.29 is 14.3 Å². The van der Waals surface area contributed by atoms with E-state index in [0.29, 0.717) is 11.4 Å². The molecule has 0 saturated heterocycles. The first-order valence-corrected chi connectivity index (χ1v) is 6.36. The summed E-state index contributed by atoms with van der Waals surface area (Å²) in [5.74, 6) is 0.514. The van der Waals surface area contributed by atoms with Crippen molar-refractivity contribution in [3.8, 4) is 5.75 Å². The minimum atomic E-state index is -0.483. The Morgan fingerprint density at radius 2 is 2.06 bits per heavy atom. The predicted octanol–water partition coefficient (Wildman–Crippen LogP) is 3.21. The summed E-state index contributed by atoms with van der Waals surface area (Å²) in [6.07, 6.45) is 0.277. The second-order valence-corrected chi connectivity index (χ2v) is 5.45. The number of carbonyl (C=O) groups excluding carboxylic acids is 1. The maximum absolute atomic E-state index is 11.9. The summed E-state index contributed by atoms with van der Waals surface area (Å²) in [5.41, 5.74) is 0.160. The molecule has 1 amide bonds.